The van der Waals surface area contributed by atoms with Crippen molar-refractivity contribution in [2.24, 2.45) is 0 Å². The second-order valence-corrected chi connectivity index (χ2v) is 10.7. The molecule has 1 atom stereocenters. The maximum absolute atomic E-state index is 12.7. The summed E-state index contributed by atoms with van der Waals surface area (Å²) in [4.78, 5) is 12.6. The van der Waals surface area contributed by atoms with Crippen LogP contribution in [0.1, 0.15) is 12.5 Å². The number of nitrogens with one attached hydrogen (secondary N) is 1. The summed E-state index contributed by atoms with van der Waals surface area (Å²) < 4.78 is 27.5. The number of anilines is 1. The van der Waals surface area contributed by atoms with Crippen LogP contribution >= 0.6 is 23.4 Å². The zero-order chi connectivity index (χ0) is 22.8. The molecule has 0 saturated carbocycles. The van der Waals surface area contributed by atoms with E-state index in [4.69, 9.17) is 11.6 Å². The molecule has 0 aliphatic heterocycles. The smallest absolute Gasteiger partial charge is 0.244 e. The van der Waals surface area contributed by atoms with Crippen LogP contribution < -0.4 is 5.32 Å². The van der Waals surface area contributed by atoms with E-state index >= 15 is 0 Å². The molecule has 0 aliphatic carbocycles. The fourth-order valence-electron chi connectivity index (χ4n) is 2.61. The molecule has 2 aromatic carbocycles. The van der Waals surface area contributed by atoms with Crippen molar-refractivity contribution < 1.29 is 13.2 Å². The predicted octanol–water partition coefficient (Wildman–Crippen LogP) is 2.99. The van der Waals surface area contributed by atoms with Crippen molar-refractivity contribution in [2.75, 3.05) is 19.4 Å². The number of aromatic nitrogens is 4. The monoisotopic (exact) mass is 480 g/mol. The number of sulfonamides is 1. The molecule has 9 nitrogen and oxygen atoms in total. The van der Waals surface area contributed by atoms with Crippen LogP contribution in [0.25, 0.3) is 5.69 Å². The molecule has 0 saturated heterocycles. The molecular weight excluding hydrogens is 460 g/mol. The van der Waals surface area contributed by atoms with Crippen LogP contribution in [0, 0.1) is 6.92 Å². The maximum atomic E-state index is 12.7. The van der Waals surface area contributed by atoms with Gasteiger partial charge in [-0.05, 0) is 60.2 Å². The third-order valence-electron chi connectivity index (χ3n) is 4.30. The molecule has 31 heavy (non-hydrogen) atoms. The number of hydrogen-bond donors (Lipinski definition) is 1. The Morgan fingerprint density at radius 3 is 2.65 bits per heavy atom. The van der Waals surface area contributed by atoms with Crippen molar-refractivity contribution in [3.63, 3.8) is 0 Å². The lowest BCUT2D eigenvalue weighted by molar-refractivity contribution is -0.115. The Balaban J connectivity index is 1.77. The van der Waals surface area contributed by atoms with Gasteiger partial charge in [-0.15, -0.1) is 5.10 Å². The number of tetrazole rings is 1. The van der Waals surface area contributed by atoms with E-state index in [1.165, 1.54) is 38.0 Å². The average molecular weight is 481 g/mol. The van der Waals surface area contributed by atoms with Gasteiger partial charge < -0.3 is 5.32 Å². The van der Waals surface area contributed by atoms with E-state index < -0.39 is 15.3 Å². The van der Waals surface area contributed by atoms with E-state index in [1.54, 1.807) is 17.7 Å². The first-order valence-corrected chi connectivity index (χ1v) is 11.8. The molecule has 3 rings (SSSR count). The molecule has 1 N–H and O–H groups in total. The van der Waals surface area contributed by atoms with Crippen LogP contribution in [0.5, 0.6) is 0 Å². The minimum atomic E-state index is -3.75. The van der Waals surface area contributed by atoms with Crippen LogP contribution in [-0.4, -0.2) is 58.2 Å². The van der Waals surface area contributed by atoms with Gasteiger partial charge in [0.15, 0.2) is 0 Å². The molecule has 12 heteroatoms. The third kappa shape index (κ3) is 5.24. The quantitative estimate of drug-likeness (QED) is 0.517. The molecule has 0 aliphatic rings. The fourth-order valence-corrected chi connectivity index (χ4v) is 4.81. The van der Waals surface area contributed by atoms with Gasteiger partial charge in [0, 0.05) is 19.8 Å². The van der Waals surface area contributed by atoms with E-state index in [-0.39, 0.29) is 15.8 Å². The van der Waals surface area contributed by atoms with Gasteiger partial charge in [-0.2, -0.15) is 4.68 Å². The Hall–Kier alpha value is -2.47. The highest BCUT2D eigenvalue weighted by molar-refractivity contribution is 8.00. The number of carbonyl (C=O) groups is 1. The number of hydrogen-bond acceptors (Lipinski definition) is 7. The van der Waals surface area contributed by atoms with E-state index in [0.29, 0.717) is 10.8 Å². The number of carbonyl (C=O) groups excluding carboxylic acids is 1. The topological polar surface area (TPSA) is 110 Å². The van der Waals surface area contributed by atoms with Crippen molar-refractivity contribution in [2.45, 2.75) is 29.1 Å². The van der Waals surface area contributed by atoms with Gasteiger partial charge in [0.25, 0.3) is 0 Å². The number of rotatable bonds is 7. The summed E-state index contributed by atoms with van der Waals surface area (Å²) in [6.45, 7) is 3.68. The Morgan fingerprint density at radius 1 is 1.23 bits per heavy atom. The lowest BCUT2D eigenvalue weighted by Crippen LogP contribution is -2.24. The minimum absolute atomic E-state index is 0.0754. The molecule has 164 valence electrons. The number of amides is 1. The summed E-state index contributed by atoms with van der Waals surface area (Å²) in [5.74, 6) is -0.334. The SMILES string of the molecule is Cc1cccc(-n2nnnc2SC(C)C(=O)Nc2ccc(Cl)c(S(=O)(=O)N(C)C)c2)c1. The Morgan fingerprint density at radius 2 is 1.97 bits per heavy atom. The van der Waals surface area contributed by atoms with Gasteiger partial charge in [0.05, 0.1) is 16.0 Å². The summed E-state index contributed by atoms with van der Waals surface area (Å²) in [6, 6.07) is 12.0. The van der Waals surface area contributed by atoms with Crippen molar-refractivity contribution in [3.05, 3.63) is 53.1 Å². The molecule has 1 aromatic heterocycles. The third-order valence-corrected chi connectivity index (χ3v) is 7.63. The average Bonchev–Trinajstić information content (AvgIpc) is 3.17. The van der Waals surface area contributed by atoms with Gasteiger partial charge in [-0.25, -0.2) is 12.7 Å². The lowest BCUT2D eigenvalue weighted by atomic mass is 10.2. The molecule has 0 fully saturated rings. The summed E-state index contributed by atoms with van der Waals surface area (Å²) in [7, 11) is -0.930. The first-order valence-electron chi connectivity index (χ1n) is 9.14. The van der Waals surface area contributed by atoms with Crippen LogP contribution in [0.15, 0.2) is 52.5 Å². The van der Waals surface area contributed by atoms with E-state index in [9.17, 15) is 13.2 Å². The number of thioether (sulfide) groups is 1. The number of aryl methyl sites for hydroxylation is 1. The van der Waals surface area contributed by atoms with E-state index in [1.807, 2.05) is 31.2 Å². The first-order chi connectivity index (χ1) is 14.6. The van der Waals surface area contributed by atoms with Crippen molar-refractivity contribution in [1.29, 1.82) is 0 Å². The van der Waals surface area contributed by atoms with E-state index in [2.05, 4.69) is 20.8 Å². The summed E-state index contributed by atoms with van der Waals surface area (Å²) in [5, 5.41) is 14.4. The fraction of sp³-hybridized carbons (Fsp3) is 0.263. The van der Waals surface area contributed by atoms with Gasteiger partial charge in [-0.1, -0.05) is 35.5 Å². The molecule has 0 radical (unpaired) electrons. The molecule has 1 unspecified atom stereocenters. The molecular formula is C19H21ClN6O3S2. The maximum Gasteiger partial charge on any atom is 0.244 e. The van der Waals surface area contributed by atoms with Gasteiger partial charge >= 0.3 is 0 Å². The lowest BCUT2D eigenvalue weighted by Gasteiger charge is -2.15. The largest absolute Gasteiger partial charge is 0.325 e. The highest BCUT2D eigenvalue weighted by Crippen LogP contribution is 2.28. The van der Waals surface area contributed by atoms with Crippen molar-refractivity contribution >= 4 is 45.0 Å². The first kappa shape index (κ1) is 23.2. The standard InChI is InChI=1S/C19H21ClN6O3S2/c1-12-6-5-7-15(10-12)26-19(22-23-24-26)30-13(2)18(27)21-14-8-9-16(20)17(11-14)31(28,29)25(3)4/h5-11,13H,1-4H3,(H,21,27). The van der Waals surface area contributed by atoms with Gasteiger partial charge in [-0.3, -0.25) is 4.79 Å². The van der Waals surface area contributed by atoms with Gasteiger partial charge in [0.2, 0.25) is 21.1 Å². The predicted molar refractivity (Wildman–Crippen MR) is 120 cm³/mol. The molecule has 1 heterocycles. The summed E-state index contributed by atoms with van der Waals surface area (Å²) in [5.41, 5.74) is 2.16. The van der Waals surface area contributed by atoms with E-state index in [0.717, 1.165) is 15.6 Å². The van der Waals surface area contributed by atoms with Crippen LogP contribution in [-0.2, 0) is 14.8 Å². The second-order valence-electron chi connectivity index (χ2n) is 6.89. The normalized spacial score (nSPS) is 12.7. The highest BCUT2D eigenvalue weighted by atomic mass is 35.5. The zero-order valence-electron chi connectivity index (χ0n) is 17.3. The molecule has 3 aromatic rings. The van der Waals surface area contributed by atoms with Crippen LogP contribution in [0.3, 0.4) is 0 Å². The minimum Gasteiger partial charge on any atom is -0.325 e. The van der Waals surface area contributed by atoms with Crippen molar-refractivity contribution in [1.82, 2.24) is 24.5 Å². The Labute approximate surface area is 189 Å². The number of nitrogens with zero attached hydrogens (tertiary/aromatic N) is 5. The zero-order valence-corrected chi connectivity index (χ0v) is 19.7. The van der Waals surface area contributed by atoms with Gasteiger partial charge in [0.1, 0.15) is 4.90 Å². The van der Waals surface area contributed by atoms with Crippen molar-refractivity contribution in [3.8, 4) is 5.69 Å². The number of benzene rings is 2. The molecule has 0 bridgehead atoms. The van der Waals surface area contributed by atoms with Crippen LogP contribution in [0.2, 0.25) is 5.02 Å². The van der Waals surface area contributed by atoms with Crippen LogP contribution in [0.4, 0.5) is 5.69 Å². The molecule has 1 amide bonds. The second kappa shape index (κ2) is 9.35. The summed E-state index contributed by atoms with van der Waals surface area (Å²) >= 11 is 7.24. The number of halogens is 1. The molecule has 0 spiro atoms. The highest BCUT2D eigenvalue weighted by Gasteiger charge is 2.23. The Kier molecular flexibility index (Phi) is 6.99. The Bertz CT molecular complexity index is 1210. The summed E-state index contributed by atoms with van der Waals surface area (Å²) in [6.07, 6.45) is 0.